The zero-order chi connectivity index (χ0) is 42.7. The van der Waals surface area contributed by atoms with E-state index in [4.69, 9.17) is 0 Å². The molecule has 2 heterocycles. The Morgan fingerprint density at radius 1 is 0.234 bits per heavy atom. The molecule has 2 aliphatic rings. The van der Waals surface area contributed by atoms with Crippen molar-refractivity contribution < 1.29 is 0 Å². The van der Waals surface area contributed by atoms with Gasteiger partial charge in [-0.1, -0.05) is 304 Å². The van der Waals surface area contributed by atoms with Crippen molar-refractivity contribution >= 4 is 135 Å². The lowest BCUT2D eigenvalue weighted by Gasteiger charge is -2.32. The van der Waals surface area contributed by atoms with Gasteiger partial charge in [0.1, 0.15) is 0 Å². The van der Waals surface area contributed by atoms with Crippen LogP contribution < -0.4 is 65.6 Å². The van der Waals surface area contributed by atoms with Crippen molar-refractivity contribution in [3.05, 3.63) is 239 Å². The lowest BCUT2D eigenvalue weighted by atomic mass is 9.21. The Kier molecular flexibility index (Phi) is 10.0. The molecule has 12 rings (SSSR count). The molecule has 0 unspecified atom stereocenters. The molecule has 0 N–H and O–H groups in total. The Morgan fingerprint density at radius 3 is 0.938 bits per heavy atom. The van der Waals surface area contributed by atoms with Gasteiger partial charge in [0.05, 0.1) is 0 Å². The minimum absolute atomic E-state index is 0.128. The zero-order valence-corrected chi connectivity index (χ0v) is 38.2. The fraction of sp³-hybridized carbons (Fsp3) is 0. The highest BCUT2D eigenvalue weighted by Gasteiger charge is 2.39. The van der Waals surface area contributed by atoms with Crippen molar-refractivity contribution in [2.45, 2.75) is 0 Å². The number of rotatable bonds is 6. The summed E-state index contributed by atoms with van der Waals surface area (Å²) in [6.07, 6.45) is 0. The van der Waals surface area contributed by atoms with Crippen LogP contribution in [0.2, 0.25) is 0 Å². The predicted octanol–water partition coefficient (Wildman–Crippen LogP) is 6.39. The lowest BCUT2D eigenvalue weighted by Crippen LogP contribution is -2.74. The second-order valence-corrected chi connectivity index (χ2v) is 19.0. The largest absolute Gasteiger partial charge is 0.240 e. The van der Waals surface area contributed by atoms with E-state index in [1.807, 2.05) is 0 Å². The molecule has 64 heavy (non-hydrogen) atoms. The summed E-state index contributed by atoms with van der Waals surface area (Å²) in [7, 11) is 0. The third kappa shape index (κ3) is 6.70. The maximum Gasteiger partial charge on any atom is 0.240 e. The first-order valence-electron chi connectivity index (χ1n) is 22.2. The van der Waals surface area contributed by atoms with Gasteiger partial charge in [-0.05, 0) is 57.3 Å². The van der Waals surface area contributed by atoms with E-state index in [-0.39, 0.29) is 26.9 Å². The third-order valence-corrected chi connectivity index (χ3v) is 15.1. The van der Waals surface area contributed by atoms with Crippen molar-refractivity contribution in [2.75, 3.05) is 0 Å². The van der Waals surface area contributed by atoms with E-state index in [9.17, 15) is 0 Å². The molecule has 6 heteroatoms. The first-order chi connectivity index (χ1) is 31.6. The van der Waals surface area contributed by atoms with Crippen molar-refractivity contribution in [1.82, 2.24) is 0 Å². The second-order valence-electron chi connectivity index (χ2n) is 17.3. The molecule has 10 aromatic rings. The van der Waals surface area contributed by atoms with Crippen LogP contribution in [0.25, 0.3) is 33.0 Å². The zero-order valence-electron chi connectivity index (χ0n) is 35.0. The summed E-state index contributed by atoms with van der Waals surface area (Å²) in [5.74, 6) is 0. The highest BCUT2D eigenvalue weighted by Crippen LogP contribution is 2.37. The van der Waals surface area contributed by atoms with Crippen molar-refractivity contribution in [1.29, 1.82) is 0 Å². The highest BCUT2D eigenvalue weighted by atomic mass is 79.9. The maximum atomic E-state index is 4.05. The number of fused-ring (bicyclic) bond motifs is 5. The smallest absolute Gasteiger partial charge is 0.0733 e. The molecular weight excluding hydrogens is 900 g/mol. The third-order valence-electron chi connectivity index (χ3n) is 13.8. The molecule has 296 valence electrons. The van der Waals surface area contributed by atoms with Gasteiger partial charge in [0.15, 0.2) is 0 Å². The lowest BCUT2D eigenvalue weighted by molar-refractivity contribution is 1.60. The molecular formula is C58H38B4Br2. The summed E-state index contributed by atoms with van der Waals surface area (Å²) >= 11 is 8.07. The highest BCUT2D eigenvalue weighted by molar-refractivity contribution is 9.11. The van der Waals surface area contributed by atoms with E-state index in [0.717, 1.165) is 8.95 Å². The van der Waals surface area contributed by atoms with Gasteiger partial charge in [0.25, 0.3) is 0 Å². The van der Waals surface area contributed by atoms with Crippen molar-refractivity contribution in [2.24, 2.45) is 0 Å². The normalized spacial score (nSPS) is 12.7. The van der Waals surface area contributed by atoms with E-state index in [0.29, 0.717) is 0 Å². The maximum absolute atomic E-state index is 4.05. The Hall–Kier alpha value is -6.32. The standard InChI is InChI=1S/C58H38B4Br2/c63-57-37-42-36-48(40-16-15-21-46(34-40)62-55-28-13-11-26-53(55)60(44-19-5-2-6-20-44)54-27-12-14-29-56(54)62)58(64)38-41(42)35-47(57)39-30-32-45(33-31-39)61-51-24-9-7-22-49(51)59(43-17-3-1-4-18-43)50-23-8-10-25-52(50)61/h1-38H. The molecule has 0 spiro atoms. The van der Waals surface area contributed by atoms with E-state index in [2.05, 4.69) is 262 Å². The molecule has 10 aromatic carbocycles. The Balaban J connectivity index is 0.882. The quantitative estimate of drug-likeness (QED) is 0.170. The van der Waals surface area contributed by atoms with Crippen LogP contribution in [0.5, 0.6) is 0 Å². The van der Waals surface area contributed by atoms with E-state index in [1.165, 1.54) is 98.6 Å². The first-order valence-corrected chi connectivity index (χ1v) is 23.8. The molecule has 2 aliphatic heterocycles. The molecule has 0 bridgehead atoms. The topological polar surface area (TPSA) is 0 Å². The molecule has 0 fully saturated rings. The van der Waals surface area contributed by atoms with Crippen LogP contribution in [0.3, 0.4) is 0 Å². The van der Waals surface area contributed by atoms with Crippen LogP contribution in [0, 0.1) is 0 Å². The van der Waals surface area contributed by atoms with Gasteiger partial charge in [-0.2, -0.15) is 0 Å². The van der Waals surface area contributed by atoms with Crippen LogP contribution >= 0.6 is 31.9 Å². The summed E-state index contributed by atoms with van der Waals surface area (Å²) in [4.78, 5) is 0. The fourth-order valence-corrected chi connectivity index (χ4v) is 12.2. The minimum atomic E-state index is 0.128. The van der Waals surface area contributed by atoms with E-state index < -0.39 is 0 Å². The van der Waals surface area contributed by atoms with Crippen LogP contribution in [-0.4, -0.2) is 26.9 Å². The Bertz CT molecular complexity index is 3290. The summed E-state index contributed by atoms with van der Waals surface area (Å²) in [6.45, 7) is 0.692. The monoisotopic (exact) mass is 936 g/mol. The van der Waals surface area contributed by atoms with Gasteiger partial charge in [-0.25, -0.2) is 0 Å². The van der Waals surface area contributed by atoms with Crippen LogP contribution in [0.4, 0.5) is 0 Å². The molecule has 0 aliphatic carbocycles. The number of hydrogen-bond acceptors (Lipinski definition) is 0. The molecule has 0 saturated carbocycles. The number of hydrogen-bond donors (Lipinski definition) is 0. The van der Waals surface area contributed by atoms with Crippen molar-refractivity contribution in [3.63, 3.8) is 0 Å². The van der Waals surface area contributed by atoms with Gasteiger partial charge in [0, 0.05) is 8.95 Å². The molecule has 0 saturated heterocycles. The second kappa shape index (κ2) is 16.3. The predicted molar refractivity (Wildman–Crippen MR) is 287 cm³/mol. The van der Waals surface area contributed by atoms with Gasteiger partial charge in [-0.15, -0.1) is 0 Å². The Labute approximate surface area is 394 Å². The van der Waals surface area contributed by atoms with Crippen LogP contribution in [0.1, 0.15) is 0 Å². The summed E-state index contributed by atoms with van der Waals surface area (Å²) < 4.78 is 2.16. The molecule has 0 nitrogen and oxygen atoms in total. The molecule has 0 radical (unpaired) electrons. The van der Waals surface area contributed by atoms with E-state index in [1.54, 1.807) is 0 Å². The molecule has 0 atom stereocenters. The van der Waals surface area contributed by atoms with Gasteiger partial charge in [0.2, 0.25) is 26.9 Å². The van der Waals surface area contributed by atoms with E-state index >= 15 is 0 Å². The fourth-order valence-electron chi connectivity index (χ4n) is 11.0. The summed E-state index contributed by atoms with van der Waals surface area (Å²) in [5, 5.41) is 2.39. The number of halogens is 2. The average molecular weight is 938 g/mol. The number of benzene rings is 10. The summed E-state index contributed by atoms with van der Waals surface area (Å²) in [5.41, 5.74) is 21.1. The van der Waals surface area contributed by atoms with Crippen molar-refractivity contribution in [3.8, 4) is 22.3 Å². The molecule has 0 aromatic heterocycles. The minimum Gasteiger partial charge on any atom is -0.0733 e. The first kappa shape index (κ1) is 39.3. The average Bonchev–Trinajstić information content (AvgIpc) is 3.35. The van der Waals surface area contributed by atoms with Gasteiger partial charge >= 0.3 is 0 Å². The SMILES string of the molecule is Brc1cc2cc(-c3cccc(B4c5ccccc5B(c5ccccc5)c5ccccc54)c3)c(Br)cc2cc1-c1ccc(B2c3ccccc3B(c3ccccc3)c3ccccc32)cc1. The molecule has 0 amide bonds. The van der Waals surface area contributed by atoms with Gasteiger partial charge < -0.3 is 0 Å². The van der Waals surface area contributed by atoms with Gasteiger partial charge in [-0.3, -0.25) is 0 Å². The van der Waals surface area contributed by atoms with Crippen LogP contribution in [-0.2, 0) is 0 Å². The van der Waals surface area contributed by atoms with Crippen LogP contribution in [0.15, 0.2) is 239 Å². The Morgan fingerprint density at radius 2 is 0.547 bits per heavy atom. The summed E-state index contributed by atoms with van der Waals surface area (Å²) in [6, 6.07) is 85.8.